The van der Waals surface area contributed by atoms with E-state index in [1.54, 1.807) is 0 Å². The largest absolute Gasteiger partial charge is 0.424 e. The highest BCUT2D eigenvalue weighted by Crippen LogP contribution is 2.29. The SMILES string of the molecule is CCc1nnc(CN2CC=C(c3c[nH]c4ccccc34)CC2)o1. The molecule has 3 aromatic rings. The first kappa shape index (κ1) is 14.2. The van der Waals surface area contributed by atoms with Crippen LogP contribution in [0.2, 0.25) is 0 Å². The van der Waals surface area contributed by atoms with E-state index in [0.29, 0.717) is 11.8 Å². The molecule has 0 radical (unpaired) electrons. The highest BCUT2D eigenvalue weighted by Gasteiger charge is 2.17. The van der Waals surface area contributed by atoms with Crippen LogP contribution in [0.4, 0.5) is 0 Å². The van der Waals surface area contributed by atoms with Gasteiger partial charge in [-0.1, -0.05) is 31.2 Å². The Morgan fingerprint density at radius 2 is 2.09 bits per heavy atom. The molecule has 1 aliphatic rings. The van der Waals surface area contributed by atoms with E-state index < -0.39 is 0 Å². The van der Waals surface area contributed by atoms with E-state index in [9.17, 15) is 0 Å². The molecule has 0 saturated carbocycles. The Morgan fingerprint density at radius 3 is 2.87 bits per heavy atom. The average Bonchev–Trinajstić information content (AvgIpc) is 3.22. The summed E-state index contributed by atoms with van der Waals surface area (Å²) in [5, 5.41) is 9.44. The number of aromatic nitrogens is 3. The molecular weight excluding hydrogens is 288 g/mol. The molecule has 4 rings (SSSR count). The van der Waals surface area contributed by atoms with Crippen molar-refractivity contribution in [3.63, 3.8) is 0 Å². The number of hydrogen-bond donors (Lipinski definition) is 1. The molecule has 0 spiro atoms. The highest BCUT2D eigenvalue weighted by molar-refractivity contribution is 5.92. The van der Waals surface area contributed by atoms with Gasteiger partial charge in [-0.2, -0.15) is 0 Å². The van der Waals surface area contributed by atoms with Gasteiger partial charge in [0.05, 0.1) is 6.54 Å². The molecule has 0 aliphatic carbocycles. The third-order valence-corrected chi connectivity index (χ3v) is 4.40. The molecule has 0 unspecified atom stereocenters. The lowest BCUT2D eigenvalue weighted by molar-refractivity contribution is 0.259. The minimum Gasteiger partial charge on any atom is -0.424 e. The van der Waals surface area contributed by atoms with Crippen molar-refractivity contribution >= 4 is 16.5 Å². The van der Waals surface area contributed by atoms with Crippen molar-refractivity contribution in [3.05, 3.63) is 53.9 Å². The number of para-hydroxylation sites is 1. The zero-order chi connectivity index (χ0) is 15.6. The van der Waals surface area contributed by atoms with Gasteiger partial charge in [0.1, 0.15) is 0 Å². The Labute approximate surface area is 135 Å². The first-order chi connectivity index (χ1) is 11.3. The summed E-state index contributed by atoms with van der Waals surface area (Å²) in [6.45, 7) is 4.67. The average molecular weight is 308 g/mol. The molecule has 5 nitrogen and oxygen atoms in total. The van der Waals surface area contributed by atoms with Crippen LogP contribution < -0.4 is 0 Å². The molecule has 3 heterocycles. The van der Waals surface area contributed by atoms with Gasteiger partial charge >= 0.3 is 0 Å². The minimum atomic E-state index is 0.714. The molecule has 0 bridgehead atoms. The number of rotatable bonds is 4. The normalized spacial score (nSPS) is 16.0. The highest BCUT2D eigenvalue weighted by atomic mass is 16.4. The quantitative estimate of drug-likeness (QED) is 0.802. The smallest absolute Gasteiger partial charge is 0.230 e. The van der Waals surface area contributed by atoms with Crippen LogP contribution in [0.3, 0.4) is 0 Å². The van der Waals surface area contributed by atoms with E-state index in [0.717, 1.165) is 32.5 Å². The number of H-pyrrole nitrogens is 1. The van der Waals surface area contributed by atoms with Crippen molar-refractivity contribution in [1.29, 1.82) is 0 Å². The van der Waals surface area contributed by atoms with Crippen LogP contribution in [0.5, 0.6) is 0 Å². The van der Waals surface area contributed by atoms with E-state index in [1.807, 2.05) is 6.92 Å². The Balaban J connectivity index is 1.48. The molecule has 0 atom stereocenters. The predicted molar refractivity (Wildman–Crippen MR) is 89.8 cm³/mol. The zero-order valence-electron chi connectivity index (χ0n) is 13.2. The lowest BCUT2D eigenvalue weighted by atomic mass is 9.99. The zero-order valence-corrected chi connectivity index (χ0v) is 13.2. The van der Waals surface area contributed by atoms with Gasteiger partial charge < -0.3 is 9.40 Å². The molecule has 0 amide bonds. The second kappa shape index (κ2) is 6.01. The Kier molecular flexibility index (Phi) is 3.71. The molecule has 23 heavy (non-hydrogen) atoms. The fraction of sp³-hybridized carbons (Fsp3) is 0.333. The predicted octanol–water partition coefficient (Wildman–Crippen LogP) is 3.40. The van der Waals surface area contributed by atoms with Crippen LogP contribution in [0.25, 0.3) is 16.5 Å². The molecule has 2 aromatic heterocycles. The fourth-order valence-electron chi connectivity index (χ4n) is 3.12. The van der Waals surface area contributed by atoms with Gasteiger partial charge in [-0.25, -0.2) is 0 Å². The van der Waals surface area contributed by atoms with E-state index in [4.69, 9.17) is 4.42 Å². The molecule has 118 valence electrons. The van der Waals surface area contributed by atoms with Gasteiger partial charge in [-0.05, 0) is 18.1 Å². The third-order valence-electron chi connectivity index (χ3n) is 4.40. The fourth-order valence-corrected chi connectivity index (χ4v) is 3.12. The number of aromatic amines is 1. The first-order valence-corrected chi connectivity index (χ1v) is 8.12. The number of benzene rings is 1. The lowest BCUT2D eigenvalue weighted by Gasteiger charge is -2.24. The van der Waals surface area contributed by atoms with E-state index in [-0.39, 0.29) is 0 Å². The summed E-state index contributed by atoms with van der Waals surface area (Å²) in [6.07, 6.45) is 6.27. The molecule has 1 aliphatic heterocycles. The maximum absolute atomic E-state index is 5.60. The molecule has 0 fully saturated rings. The van der Waals surface area contributed by atoms with Gasteiger partial charge in [0.2, 0.25) is 11.8 Å². The van der Waals surface area contributed by atoms with Crippen LogP contribution in [-0.2, 0) is 13.0 Å². The topological polar surface area (TPSA) is 58.0 Å². The van der Waals surface area contributed by atoms with Gasteiger partial charge in [-0.3, -0.25) is 4.90 Å². The van der Waals surface area contributed by atoms with Crippen LogP contribution in [0.1, 0.15) is 30.7 Å². The van der Waals surface area contributed by atoms with Crippen molar-refractivity contribution in [3.8, 4) is 0 Å². The van der Waals surface area contributed by atoms with Crippen molar-refractivity contribution in [1.82, 2.24) is 20.1 Å². The molecule has 1 aromatic carbocycles. The van der Waals surface area contributed by atoms with E-state index in [1.165, 1.54) is 22.0 Å². The molecule has 0 saturated heterocycles. The van der Waals surface area contributed by atoms with Crippen molar-refractivity contribution in [2.75, 3.05) is 13.1 Å². The second-order valence-corrected chi connectivity index (χ2v) is 5.91. The monoisotopic (exact) mass is 308 g/mol. The summed E-state index contributed by atoms with van der Waals surface area (Å²) >= 11 is 0. The van der Waals surface area contributed by atoms with Gasteiger partial charge in [-0.15, -0.1) is 10.2 Å². The number of nitrogens with zero attached hydrogens (tertiary/aromatic N) is 3. The summed E-state index contributed by atoms with van der Waals surface area (Å²) in [5.41, 5.74) is 3.94. The van der Waals surface area contributed by atoms with Crippen molar-refractivity contribution in [2.24, 2.45) is 0 Å². The number of nitrogens with one attached hydrogen (secondary N) is 1. The Morgan fingerprint density at radius 1 is 1.22 bits per heavy atom. The maximum Gasteiger partial charge on any atom is 0.230 e. The Bertz CT molecular complexity index is 845. The minimum absolute atomic E-state index is 0.714. The van der Waals surface area contributed by atoms with Crippen LogP contribution in [0, 0.1) is 0 Å². The summed E-state index contributed by atoms with van der Waals surface area (Å²) in [4.78, 5) is 5.70. The Hall–Kier alpha value is -2.40. The standard InChI is InChI=1S/C18H20N4O/c1-2-17-20-21-18(23-17)12-22-9-7-13(8-10-22)15-11-19-16-6-4-3-5-14(15)16/h3-7,11,19H,2,8-10,12H2,1H3. The number of hydrogen-bond acceptors (Lipinski definition) is 4. The van der Waals surface area contributed by atoms with Crippen LogP contribution in [-0.4, -0.2) is 33.2 Å². The molecular formula is C18H20N4O. The van der Waals surface area contributed by atoms with Crippen LogP contribution >= 0.6 is 0 Å². The van der Waals surface area contributed by atoms with Crippen LogP contribution in [0.15, 0.2) is 41.0 Å². The van der Waals surface area contributed by atoms with Crippen molar-refractivity contribution in [2.45, 2.75) is 26.3 Å². The first-order valence-electron chi connectivity index (χ1n) is 8.12. The lowest BCUT2D eigenvalue weighted by Crippen LogP contribution is -2.28. The molecule has 1 N–H and O–H groups in total. The summed E-state index contributed by atoms with van der Waals surface area (Å²) in [6, 6.07) is 8.46. The summed E-state index contributed by atoms with van der Waals surface area (Å²) in [7, 11) is 0. The second-order valence-electron chi connectivity index (χ2n) is 5.91. The number of fused-ring (bicyclic) bond motifs is 1. The molecule has 5 heteroatoms. The van der Waals surface area contributed by atoms with Crippen molar-refractivity contribution < 1.29 is 4.42 Å². The number of aryl methyl sites for hydroxylation is 1. The summed E-state index contributed by atoms with van der Waals surface area (Å²) < 4.78 is 5.60. The maximum atomic E-state index is 5.60. The van der Waals surface area contributed by atoms with E-state index in [2.05, 4.69) is 56.6 Å². The van der Waals surface area contributed by atoms with Gasteiger partial charge in [0, 0.05) is 42.2 Å². The van der Waals surface area contributed by atoms with Gasteiger partial charge in [0.15, 0.2) is 0 Å². The van der Waals surface area contributed by atoms with Gasteiger partial charge in [0.25, 0.3) is 0 Å². The summed E-state index contributed by atoms with van der Waals surface area (Å²) in [5.74, 6) is 1.43. The van der Waals surface area contributed by atoms with E-state index >= 15 is 0 Å². The third kappa shape index (κ3) is 2.80.